The highest BCUT2D eigenvalue weighted by atomic mass is 79.9. The molecule has 0 aliphatic carbocycles. The highest BCUT2D eigenvalue weighted by Gasteiger charge is 2.25. The second-order valence-corrected chi connectivity index (χ2v) is 6.84. The molecule has 3 nitrogen and oxygen atoms in total. The maximum atomic E-state index is 5.48. The molecule has 0 aromatic heterocycles. The molecular formula is C19H23BrN2O. The fourth-order valence-electron chi connectivity index (χ4n) is 3.25. The van der Waals surface area contributed by atoms with Gasteiger partial charge in [-0.2, -0.15) is 0 Å². The van der Waals surface area contributed by atoms with Crippen molar-refractivity contribution in [2.45, 2.75) is 31.5 Å². The van der Waals surface area contributed by atoms with Crippen molar-refractivity contribution < 1.29 is 4.74 Å². The molecule has 1 aliphatic heterocycles. The van der Waals surface area contributed by atoms with E-state index in [9.17, 15) is 0 Å². The van der Waals surface area contributed by atoms with Crippen LogP contribution in [0.2, 0.25) is 0 Å². The van der Waals surface area contributed by atoms with Gasteiger partial charge in [-0.3, -0.25) is 0 Å². The Labute approximate surface area is 146 Å². The van der Waals surface area contributed by atoms with Gasteiger partial charge in [0, 0.05) is 28.7 Å². The fourth-order valence-corrected chi connectivity index (χ4v) is 3.65. The third kappa shape index (κ3) is 4.14. The van der Waals surface area contributed by atoms with Crippen LogP contribution in [0.1, 0.15) is 30.0 Å². The van der Waals surface area contributed by atoms with E-state index in [0.717, 1.165) is 23.3 Å². The normalized spacial score (nSPS) is 21.1. The molecule has 2 aromatic rings. The van der Waals surface area contributed by atoms with E-state index in [1.165, 1.54) is 24.0 Å². The second kappa shape index (κ2) is 7.95. The van der Waals surface area contributed by atoms with E-state index in [1.54, 1.807) is 7.11 Å². The number of nitrogens with one attached hydrogen (secondary N) is 2. The Kier molecular flexibility index (Phi) is 5.70. The summed E-state index contributed by atoms with van der Waals surface area (Å²) in [6, 6.07) is 17.6. The Bertz CT molecular complexity index is 633. The summed E-state index contributed by atoms with van der Waals surface area (Å²) in [5.74, 6) is 0.931. The Morgan fingerprint density at radius 1 is 1.22 bits per heavy atom. The molecule has 0 spiro atoms. The minimum absolute atomic E-state index is 0.364. The maximum absolute atomic E-state index is 5.48. The average molecular weight is 375 g/mol. The van der Waals surface area contributed by atoms with Crippen LogP contribution in [-0.2, 0) is 6.54 Å². The Morgan fingerprint density at radius 3 is 2.83 bits per heavy atom. The number of benzene rings is 2. The van der Waals surface area contributed by atoms with Gasteiger partial charge in [0.05, 0.1) is 7.11 Å². The van der Waals surface area contributed by atoms with Crippen molar-refractivity contribution in [1.29, 1.82) is 0 Å². The largest absolute Gasteiger partial charge is 0.496 e. The van der Waals surface area contributed by atoms with Gasteiger partial charge in [-0.25, -0.2) is 0 Å². The predicted molar refractivity (Wildman–Crippen MR) is 97.7 cm³/mol. The van der Waals surface area contributed by atoms with Crippen molar-refractivity contribution in [2.75, 3.05) is 13.7 Å². The van der Waals surface area contributed by atoms with Crippen LogP contribution in [0.4, 0.5) is 0 Å². The summed E-state index contributed by atoms with van der Waals surface area (Å²) in [5, 5.41) is 7.38. The molecule has 0 bridgehead atoms. The maximum Gasteiger partial charge on any atom is 0.123 e. The minimum atomic E-state index is 0.364. The van der Waals surface area contributed by atoms with Crippen LogP contribution in [-0.4, -0.2) is 19.7 Å². The number of piperidine rings is 1. The van der Waals surface area contributed by atoms with Crippen LogP contribution in [0.3, 0.4) is 0 Å². The average Bonchev–Trinajstić information content (AvgIpc) is 2.61. The topological polar surface area (TPSA) is 33.3 Å². The lowest BCUT2D eigenvalue weighted by atomic mass is 9.92. The Hall–Kier alpha value is -1.36. The molecule has 4 heteroatoms. The second-order valence-electron chi connectivity index (χ2n) is 5.93. The first kappa shape index (κ1) is 16.5. The smallest absolute Gasteiger partial charge is 0.123 e. The van der Waals surface area contributed by atoms with Crippen molar-refractivity contribution in [3.8, 4) is 5.75 Å². The first-order valence-electron chi connectivity index (χ1n) is 8.12. The number of halogens is 1. The molecule has 0 saturated carbocycles. The first-order valence-corrected chi connectivity index (χ1v) is 8.91. The summed E-state index contributed by atoms with van der Waals surface area (Å²) in [4.78, 5) is 0. The van der Waals surface area contributed by atoms with E-state index in [1.807, 2.05) is 12.1 Å². The molecule has 1 aliphatic rings. The number of methoxy groups -OCH3 is 1. The molecule has 122 valence electrons. The molecular weight excluding hydrogens is 352 g/mol. The van der Waals surface area contributed by atoms with Gasteiger partial charge in [0.1, 0.15) is 5.75 Å². The van der Waals surface area contributed by atoms with E-state index in [0.29, 0.717) is 12.1 Å². The Balaban J connectivity index is 1.72. The molecule has 1 saturated heterocycles. The van der Waals surface area contributed by atoms with Gasteiger partial charge in [0.2, 0.25) is 0 Å². The Morgan fingerprint density at radius 2 is 2.04 bits per heavy atom. The van der Waals surface area contributed by atoms with Gasteiger partial charge in [0.25, 0.3) is 0 Å². The SMILES string of the molecule is COc1ccc(Br)cc1CN[C@H]1CCCN[C@H]1c1ccccc1. The quantitative estimate of drug-likeness (QED) is 0.828. The number of ether oxygens (including phenoxy) is 1. The predicted octanol–water partition coefficient (Wildman–Crippen LogP) is 4.04. The van der Waals surface area contributed by atoms with E-state index >= 15 is 0 Å². The van der Waals surface area contributed by atoms with Crippen LogP contribution < -0.4 is 15.4 Å². The fraction of sp³-hybridized carbons (Fsp3) is 0.368. The monoisotopic (exact) mass is 374 g/mol. The summed E-state index contributed by atoms with van der Waals surface area (Å²) in [7, 11) is 1.72. The van der Waals surface area contributed by atoms with Crippen molar-refractivity contribution in [3.63, 3.8) is 0 Å². The van der Waals surface area contributed by atoms with Crippen molar-refractivity contribution in [2.24, 2.45) is 0 Å². The van der Waals surface area contributed by atoms with Crippen molar-refractivity contribution >= 4 is 15.9 Å². The summed E-state index contributed by atoms with van der Waals surface area (Å²) < 4.78 is 6.56. The molecule has 1 heterocycles. The molecule has 0 radical (unpaired) electrons. The standard InChI is InChI=1S/C19H23BrN2O/c1-23-18-10-9-16(20)12-15(18)13-22-17-8-5-11-21-19(17)14-6-3-2-4-7-14/h2-4,6-7,9-10,12,17,19,21-22H,5,8,11,13H2,1H3/t17-,19-/m0/s1. The van der Waals surface area contributed by atoms with E-state index in [-0.39, 0.29) is 0 Å². The molecule has 3 rings (SSSR count). The number of rotatable bonds is 5. The van der Waals surface area contributed by atoms with Gasteiger partial charge in [-0.1, -0.05) is 46.3 Å². The lowest BCUT2D eigenvalue weighted by molar-refractivity contribution is 0.303. The van der Waals surface area contributed by atoms with Gasteiger partial charge in [-0.05, 0) is 43.1 Å². The molecule has 0 unspecified atom stereocenters. The van der Waals surface area contributed by atoms with Gasteiger partial charge < -0.3 is 15.4 Å². The molecule has 2 N–H and O–H groups in total. The highest BCUT2D eigenvalue weighted by Crippen LogP contribution is 2.26. The highest BCUT2D eigenvalue weighted by molar-refractivity contribution is 9.10. The van der Waals surface area contributed by atoms with Crippen LogP contribution in [0.15, 0.2) is 53.0 Å². The lowest BCUT2D eigenvalue weighted by Crippen LogP contribution is -2.45. The zero-order valence-electron chi connectivity index (χ0n) is 13.4. The molecule has 2 aromatic carbocycles. The summed E-state index contributed by atoms with van der Waals surface area (Å²) >= 11 is 3.54. The third-order valence-electron chi connectivity index (χ3n) is 4.41. The zero-order valence-corrected chi connectivity index (χ0v) is 15.0. The van der Waals surface area contributed by atoms with Crippen LogP contribution in [0.25, 0.3) is 0 Å². The number of hydrogen-bond donors (Lipinski definition) is 2. The van der Waals surface area contributed by atoms with E-state index in [4.69, 9.17) is 4.74 Å². The molecule has 2 atom stereocenters. The summed E-state index contributed by atoms with van der Waals surface area (Å²) in [6.45, 7) is 1.89. The van der Waals surface area contributed by atoms with Crippen LogP contribution >= 0.6 is 15.9 Å². The van der Waals surface area contributed by atoms with Gasteiger partial charge in [0.15, 0.2) is 0 Å². The molecule has 0 amide bonds. The zero-order chi connectivity index (χ0) is 16.1. The third-order valence-corrected chi connectivity index (χ3v) is 4.91. The molecule has 1 fully saturated rings. The van der Waals surface area contributed by atoms with Crippen molar-refractivity contribution in [1.82, 2.24) is 10.6 Å². The number of hydrogen-bond acceptors (Lipinski definition) is 3. The van der Waals surface area contributed by atoms with Crippen molar-refractivity contribution in [3.05, 3.63) is 64.1 Å². The van der Waals surface area contributed by atoms with Crippen LogP contribution in [0.5, 0.6) is 5.75 Å². The molecule has 23 heavy (non-hydrogen) atoms. The lowest BCUT2D eigenvalue weighted by Gasteiger charge is -2.34. The van der Waals surface area contributed by atoms with E-state index in [2.05, 4.69) is 63.0 Å². The van der Waals surface area contributed by atoms with E-state index < -0.39 is 0 Å². The minimum Gasteiger partial charge on any atom is -0.496 e. The first-order chi connectivity index (χ1) is 11.3. The summed E-state index contributed by atoms with van der Waals surface area (Å²) in [6.07, 6.45) is 2.39. The van der Waals surface area contributed by atoms with Gasteiger partial charge in [-0.15, -0.1) is 0 Å². The summed E-state index contributed by atoms with van der Waals surface area (Å²) in [5.41, 5.74) is 2.53. The van der Waals surface area contributed by atoms with Crippen LogP contribution in [0, 0.1) is 0 Å². The van der Waals surface area contributed by atoms with Gasteiger partial charge >= 0.3 is 0 Å².